The van der Waals surface area contributed by atoms with Gasteiger partial charge in [0.2, 0.25) is 0 Å². The Balaban J connectivity index is 2.63. The molecule has 1 aliphatic rings. The Morgan fingerprint density at radius 1 is 1.75 bits per heavy atom. The first-order valence-corrected chi connectivity index (χ1v) is 2.76. The lowest BCUT2D eigenvalue weighted by Crippen LogP contribution is -2.69. The van der Waals surface area contributed by atoms with E-state index < -0.39 is 0 Å². The van der Waals surface area contributed by atoms with Gasteiger partial charge in [0.05, 0.1) is 12.7 Å². The fourth-order valence-electron chi connectivity index (χ4n) is 0.771. The number of rotatable bonds is 0. The summed E-state index contributed by atoms with van der Waals surface area (Å²) in [6, 6.07) is 0. The van der Waals surface area contributed by atoms with Gasteiger partial charge in [0, 0.05) is 14.0 Å². The Morgan fingerprint density at radius 3 is 2.88 bits per heavy atom. The molecule has 0 spiro atoms. The molecule has 0 aromatic heterocycles. The third-order valence-electron chi connectivity index (χ3n) is 1.12. The SMILES string of the molecule is CC1=CN(C)CC=[NH+]1. The minimum atomic E-state index is 0.997. The molecule has 8 heavy (non-hydrogen) atoms. The van der Waals surface area contributed by atoms with E-state index in [0.717, 1.165) is 6.54 Å². The maximum absolute atomic E-state index is 3.11. The molecular formula is C6H11N2+. The van der Waals surface area contributed by atoms with Gasteiger partial charge >= 0.3 is 0 Å². The largest absolute Gasteiger partial charge is 0.366 e. The molecule has 0 saturated heterocycles. The molecule has 2 heteroatoms. The molecule has 44 valence electrons. The molecule has 1 N–H and O–H groups in total. The maximum atomic E-state index is 3.11. The van der Waals surface area contributed by atoms with Gasteiger partial charge in [0.1, 0.15) is 0 Å². The van der Waals surface area contributed by atoms with Crippen LogP contribution in [0.3, 0.4) is 0 Å². The quantitative estimate of drug-likeness (QED) is 0.422. The first-order valence-electron chi connectivity index (χ1n) is 2.76. The predicted molar refractivity (Wildman–Crippen MR) is 33.4 cm³/mol. The summed E-state index contributed by atoms with van der Waals surface area (Å²) in [7, 11) is 2.06. The van der Waals surface area contributed by atoms with Crippen molar-refractivity contribution in [1.29, 1.82) is 0 Å². The lowest BCUT2D eigenvalue weighted by atomic mass is 10.4. The smallest absolute Gasteiger partial charge is 0.192 e. The third kappa shape index (κ3) is 1.09. The van der Waals surface area contributed by atoms with Crippen molar-refractivity contribution >= 4 is 6.21 Å². The molecule has 0 radical (unpaired) electrons. The Morgan fingerprint density at radius 2 is 2.50 bits per heavy atom. The van der Waals surface area contributed by atoms with E-state index >= 15 is 0 Å². The fraction of sp³-hybridized carbons (Fsp3) is 0.500. The van der Waals surface area contributed by atoms with Crippen molar-refractivity contribution in [2.45, 2.75) is 6.92 Å². The van der Waals surface area contributed by atoms with Crippen LogP contribution in [0.5, 0.6) is 0 Å². The van der Waals surface area contributed by atoms with Crippen molar-refractivity contribution < 1.29 is 4.99 Å². The van der Waals surface area contributed by atoms with Gasteiger partial charge in [-0.2, -0.15) is 0 Å². The van der Waals surface area contributed by atoms with Gasteiger partial charge in [0.25, 0.3) is 0 Å². The Hall–Kier alpha value is -0.790. The van der Waals surface area contributed by atoms with Gasteiger partial charge < -0.3 is 4.90 Å². The average molecular weight is 111 g/mol. The van der Waals surface area contributed by atoms with Crippen LogP contribution in [0.4, 0.5) is 0 Å². The van der Waals surface area contributed by atoms with Crippen LogP contribution in [0.15, 0.2) is 11.9 Å². The highest BCUT2D eigenvalue weighted by Gasteiger charge is 2.00. The van der Waals surface area contributed by atoms with E-state index in [1.807, 2.05) is 13.1 Å². The average Bonchev–Trinajstić information content (AvgIpc) is 1.64. The molecule has 1 aliphatic heterocycles. The van der Waals surface area contributed by atoms with E-state index in [0.29, 0.717) is 0 Å². The summed E-state index contributed by atoms with van der Waals surface area (Å²) in [5, 5.41) is 0. The molecule has 0 atom stereocenters. The third-order valence-corrected chi connectivity index (χ3v) is 1.12. The zero-order chi connectivity index (χ0) is 5.98. The predicted octanol–water partition coefficient (Wildman–Crippen LogP) is -1.06. The van der Waals surface area contributed by atoms with Crippen molar-refractivity contribution in [2.24, 2.45) is 0 Å². The molecule has 0 saturated carbocycles. The first kappa shape index (κ1) is 5.35. The lowest BCUT2D eigenvalue weighted by Gasteiger charge is -2.09. The highest BCUT2D eigenvalue weighted by atomic mass is 15.1. The van der Waals surface area contributed by atoms with E-state index in [2.05, 4.69) is 23.1 Å². The fourth-order valence-corrected chi connectivity index (χ4v) is 0.771. The lowest BCUT2D eigenvalue weighted by molar-refractivity contribution is -0.396. The van der Waals surface area contributed by atoms with E-state index in [9.17, 15) is 0 Å². The van der Waals surface area contributed by atoms with Crippen LogP contribution in [0.1, 0.15) is 6.92 Å². The molecule has 1 heterocycles. The maximum Gasteiger partial charge on any atom is 0.192 e. The van der Waals surface area contributed by atoms with E-state index in [1.165, 1.54) is 5.70 Å². The molecule has 0 fully saturated rings. The van der Waals surface area contributed by atoms with Crippen LogP contribution in [-0.4, -0.2) is 24.7 Å². The molecule has 0 aliphatic carbocycles. The Bertz CT molecular complexity index is 135. The summed E-state index contributed by atoms with van der Waals surface area (Å²) in [5.74, 6) is 0. The molecule has 0 unspecified atom stereocenters. The monoisotopic (exact) mass is 111 g/mol. The normalized spacial score (nSPS) is 18.8. The zero-order valence-electron chi connectivity index (χ0n) is 5.31. The van der Waals surface area contributed by atoms with Crippen LogP contribution in [-0.2, 0) is 0 Å². The zero-order valence-corrected chi connectivity index (χ0v) is 5.31. The van der Waals surface area contributed by atoms with Crippen LogP contribution in [0.25, 0.3) is 0 Å². The molecule has 0 aromatic rings. The van der Waals surface area contributed by atoms with E-state index in [-0.39, 0.29) is 0 Å². The summed E-state index contributed by atoms with van der Waals surface area (Å²) in [6.45, 7) is 3.05. The van der Waals surface area contributed by atoms with Gasteiger partial charge in [-0.3, -0.25) is 0 Å². The van der Waals surface area contributed by atoms with Crippen LogP contribution in [0, 0.1) is 0 Å². The molecule has 0 aromatic carbocycles. The standard InChI is InChI=1S/C6H10N2/c1-6-5-8(2)4-3-7-6/h3,5H,4H2,1-2H3/p+1. The van der Waals surface area contributed by atoms with E-state index in [4.69, 9.17) is 0 Å². The summed E-state index contributed by atoms with van der Waals surface area (Å²) in [4.78, 5) is 5.24. The molecule has 2 nitrogen and oxygen atoms in total. The molecular weight excluding hydrogens is 100 g/mol. The van der Waals surface area contributed by atoms with Crippen molar-refractivity contribution in [3.8, 4) is 0 Å². The van der Waals surface area contributed by atoms with Gasteiger partial charge in [0.15, 0.2) is 11.9 Å². The number of hydrogen-bond donors (Lipinski definition) is 1. The topological polar surface area (TPSA) is 17.2 Å². The number of allylic oxidation sites excluding steroid dienone is 1. The number of hydrogen-bond acceptors (Lipinski definition) is 1. The Kier molecular flexibility index (Phi) is 1.33. The van der Waals surface area contributed by atoms with Crippen LogP contribution >= 0.6 is 0 Å². The minimum Gasteiger partial charge on any atom is -0.366 e. The van der Waals surface area contributed by atoms with Gasteiger partial charge in [-0.1, -0.05) is 0 Å². The van der Waals surface area contributed by atoms with Crippen molar-refractivity contribution in [3.63, 3.8) is 0 Å². The van der Waals surface area contributed by atoms with Crippen molar-refractivity contribution in [3.05, 3.63) is 11.9 Å². The molecule has 0 amide bonds. The second-order valence-corrected chi connectivity index (χ2v) is 2.10. The highest BCUT2D eigenvalue weighted by molar-refractivity contribution is 5.54. The first-order chi connectivity index (χ1) is 3.79. The van der Waals surface area contributed by atoms with Gasteiger partial charge in [-0.25, -0.2) is 4.99 Å². The van der Waals surface area contributed by atoms with E-state index in [1.54, 1.807) is 0 Å². The van der Waals surface area contributed by atoms with Crippen LogP contribution < -0.4 is 4.99 Å². The van der Waals surface area contributed by atoms with Gasteiger partial charge in [-0.15, -0.1) is 0 Å². The summed E-state index contributed by atoms with van der Waals surface area (Å²) >= 11 is 0. The van der Waals surface area contributed by atoms with Gasteiger partial charge in [-0.05, 0) is 0 Å². The summed E-state index contributed by atoms with van der Waals surface area (Å²) in [6.07, 6.45) is 4.12. The van der Waals surface area contributed by atoms with Crippen molar-refractivity contribution in [1.82, 2.24) is 4.90 Å². The summed E-state index contributed by atoms with van der Waals surface area (Å²) in [5.41, 5.74) is 1.21. The number of nitrogens with one attached hydrogen (secondary N) is 1. The second kappa shape index (κ2) is 1.99. The highest BCUT2D eigenvalue weighted by Crippen LogP contribution is 1.85. The molecule has 1 rings (SSSR count). The number of nitrogens with zero attached hydrogens (tertiary/aromatic N) is 1. The van der Waals surface area contributed by atoms with Crippen molar-refractivity contribution in [2.75, 3.05) is 13.6 Å². The summed E-state index contributed by atoms with van der Waals surface area (Å²) < 4.78 is 0. The minimum absolute atomic E-state index is 0.997. The van der Waals surface area contributed by atoms with Crippen LogP contribution in [0.2, 0.25) is 0 Å². The molecule has 0 bridgehead atoms. The Labute approximate surface area is 49.5 Å². The second-order valence-electron chi connectivity index (χ2n) is 2.10.